The van der Waals surface area contributed by atoms with Crippen molar-refractivity contribution < 1.29 is 4.74 Å². The van der Waals surface area contributed by atoms with E-state index in [-0.39, 0.29) is 0 Å². The lowest BCUT2D eigenvalue weighted by Crippen LogP contribution is -1.98. The highest BCUT2D eigenvalue weighted by atomic mass is 16.5. The van der Waals surface area contributed by atoms with Gasteiger partial charge in [-0.3, -0.25) is 0 Å². The number of hydrogen-bond acceptors (Lipinski definition) is 3. The third kappa shape index (κ3) is 4.18. The minimum atomic E-state index is 0.544. The number of hydrogen-bond donors (Lipinski definition) is 1. The van der Waals surface area contributed by atoms with E-state index in [0.717, 1.165) is 25.0 Å². The van der Waals surface area contributed by atoms with Gasteiger partial charge in [0.2, 0.25) is 0 Å². The molecule has 0 unspecified atom stereocenters. The summed E-state index contributed by atoms with van der Waals surface area (Å²) in [5, 5.41) is 0. The molecule has 0 bridgehead atoms. The van der Waals surface area contributed by atoms with E-state index in [9.17, 15) is 0 Å². The number of nitrogens with two attached hydrogens (primary N) is 1. The molecule has 2 aromatic rings. The van der Waals surface area contributed by atoms with Crippen LogP contribution < -0.4 is 5.73 Å². The zero-order valence-electron chi connectivity index (χ0n) is 10.4. The number of benzene rings is 1. The summed E-state index contributed by atoms with van der Waals surface area (Å²) in [6, 6.07) is 14.2. The van der Waals surface area contributed by atoms with E-state index in [4.69, 9.17) is 10.5 Å². The molecule has 0 amide bonds. The average molecular weight is 242 g/mol. The second-order valence-corrected chi connectivity index (χ2v) is 4.23. The van der Waals surface area contributed by atoms with Gasteiger partial charge in [-0.2, -0.15) is 0 Å². The summed E-state index contributed by atoms with van der Waals surface area (Å²) in [5.41, 5.74) is 7.93. The Morgan fingerprint density at radius 3 is 2.56 bits per heavy atom. The summed E-state index contributed by atoms with van der Waals surface area (Å²) in [6.45, 7) is 1.36. The average Bonchev–Trinajstić information content (AvgIpc) is 2.42. The Morgan fingerprint density at radius 1 is 1.00 bits per heavy atom. The summed E-state index contributed by atoms with van der Waals surface area (Å²) in [4.78, 5) is 4.02. The number of ether oxygens (including phenoxy) is 1. The quantitative estimate of drug-likeness (QED) is 0.792. The predicted octanol–water partition coefficient (Wildman–Crippen LogP) is 2.81. The maximum Gasteiger partial charge on any atom is 0.123 e. The highest BCUT2D eigenvalue weighted by molar-refractivity contribution is 5.28. The molecule has 0 atom stereocenters. The van der Waals surface area contributed by atoms with Gasteiger partial charge in [0.05, 0.1) is 6.61 Å². The number of aryl methyl sites for hydroxylation is 1. The Kier molecular flexibility index (Phi) is 4.73. The zero-order chi connectivity index (χ0) is 12.6. The molecule has 1 aromatic carbocycles. The second kappa shape index (κ2) is 6.77. The lowest BCUT2D eigenvalue weighted by molar-refractivity contribution is 0.118. The monoisotopic (exact) mass is 242 g/mol. The minimum Gasteiger partial charge on any atom is -0.384 e. The van der Waals surface area contributed by atoms with Crippen LogP contribution in [0.2, 0.25) is 0 Å². The first-order valence-corrected chi connectivity index (χ1v) is 6.16. The van der Waals surface area contributed by atoms with Crippen LogP contribution >= 0.6 is 0 Å². The van der Waals surface area contributed by atoms with Gasteiger partial charge >= 0.3 is 0 Å². The van der Waals surface area contributed by atoms with E-state index in [0.29, 0.717) is 12.4 Å². The van der Waals surface area contributed by atoms with Crippen molar-refractivity contribution in [2.45, 2.75) is 19.4 Å². The topological polar surface area (TPSA) is 48.1 Å². The molecule has 94 valence electrons. The zero-order valence-corrected chi connectivity index (χ0v) is 10.4. The molecule has 3 nitrogen and oxygen atoms in total. The Balaban J connectivity index is 1.63. The molecule has 2 rings (SSSR count). The number of pyridine rings is 1. The predicted molar refractivity (Wildman–Crippen MR) is 73.1 cm³/mol. The van der Waals surface area contributed by atoms with Crippen LogP contribution in [0.3, 0.4) is 0 Å². The van der Waals surface area contributed by atoms with Gasteiger partial charge in [0, 0.05) is 12.8 Å². The highest BCUT2D eigenvalue weighted by Gasteiger charge is 1.95. The third-order valence-electron chi connectivity index (χ3n) is 2.71. The van der Waals surface area contributed by atoms with Gasteiger partial charge in [-0.15, -0.1) is 0 Å². The van der Waals surface area contributed by atoms with Gasteiger partial charge < -0.3 is 10.5 Å². The van der Waals surface area contributed by atoms with Crippen LogP contribution in [0.15, 0.2) is 48.7 Å². The Bertz CT molecular complexity index is 454. The molecule has 18 heavy (non-hydrogen) atoms. The molecule has 2 N–H and O–H groups in total. The van der Waals surface area contributed by atoms with Crippen molar-refractivity contribution in [1.82, 2.24) is 4.98 Å². The molecule has 1 aromatic heterocycles. The first kappa shape index (κ1) is 12.6. The van der Waals surface area contributed by atoms with Gasteiger partial charge in [-0.05, 0) is 30.0 Å². The molecule has 0 aliphatic carbocycles. The number of nitrogens with zero attached hydrogens (tertiary/aromatic N) is 1. The number of aromatic nitrogens is 1. The fourth-order valence-corrected chi connectivity index (χ4v) is 1.73. The van der Waals surface area contributed by atoms with E-state index < -0.39 is 0 Å². The third-order valence-corrected chi connectivity index (χ3v) is 2.71. The normalized spacial score (nSPS) is 10.4. The van der Waals surface area contributed by atoms with E-state index in [1.54, 1.807) is 12.3 Å². The van der Waals surface area contributed by atoms with E-state index >= 15 is 0 Å². The van der Waals surface area contributed by atoms with Crippen molar-refractivity contribution in [1.29, 1.82) is 0 Å². The molecular formula is C15H18N2O. The van der Waals surface area contributed by atoms with E-state index in [1.165, 1.54) is 5.56 Å². The van der Waals surface area contributed by atoms with Crippen LogP contribution in [0.5, 0.6) is 0 Å². The Hall–Kier alpha value is -1.87. The Morgan fingerprint density at radius 2 is 1.83 bits per heavy atom. The molecule has 0 saturated heterocycles. The lowest BCUT2D eigenvalue weighted by Gasteiger charge is -2.04. The second-order valence-electron chi connectivity index (χ2n) is 4.23. The smallest absolute Gasteiger partial charge is 0.123 e. The molecule has 0 spiro atoms. The van der Waals surface area contributed by atoms with Crippen LogP contribution in [0.4, 0.5) is 5.82 Å². The van der Waals surface area contributed by atoms with Crippen molar-refractivity contribution in [3.63, 3.8) is 0 Å². The van der Waals surface area contributed by atoms with Crippen LogP contribution in [0.25, 0.3) is 0 Å². The molecule has 0 aliphatic rings. The SMILES string of the molecule is Nc1ccc(COCCCc2ccccc2)cn1. The van der Waals surface area contributed by atoms with Crippen molar-refractivity contribution in [3.05, 3.63) is 59.8 Å². The van der Waals surface area contributed by atoms with Crippen molar-refractivity contribution in [2.75, 3.05) is 12.3 Å². The van der Waals surface area contributed by atoms with Gasteiger partial charge in [0.1, 0.15) is 5.82 Å². The van der Waals surface area contributed by atoms with Crippen LogP contribution in [-0.4, -0.2) is 11.6 Å². The van der Waals surface area contributed by atoms with Gasteiger partial charge in [0.15, 0.2) is 0 Å². The summed E-state index contributed by atoms with van der Waals surface area (Å²) in [5.74, 6) is 0.544. The number of rotatable bonds is 6. The highest BCUT2D eigenvalue weighted by Crippen LogP contribution is 2.05. The maximum atomic E-state index is 5.60. The summed E-state index contributed by atoms with van der Waals surface area (Å²) < 4.78 is 5.60. The fraction of sp³-hybridized carbons (Fsp3) is 0.267. The van der Waals surface area contributed by atoms with Gasteiger partial charge in [-0.25, -0.2) is 4.98 Å². The van der Waals surface area contributed by atoms with Crippen molar-refractivity contribution >= 4 is 5.82 Å². The number of nitrogen functional groups attached to an aromatic ring is 1. The van der Waals surface area contributed by atoms with Gasteiger partial charge in [-0.1, -0.05) is 36.4 Å². The molecule has 3 heteroatoms. The molecule has 0 radical (unpaired) electrons. The van der Waals surface area contributed by atoms with Crippen LogP contribution in [0.1, 0.15) is 17.5 Å². The Labute approximate surface area is 108 Å². The molecule has 1 heterocycles. The van der Waals surface area contributed by atoms with Crippen LogP contribution in [-0.2, 0) is 17.8 Å². The van der Waals surface area contributed by atoms with E-state index in [2.05, 4.69) is 29.2 Å². The van der Waals surface area contributed by atoms with Crippen molar-refractivity contribution in [2.24, 2.45) is 0 Å². The summed E-state index contributed by atoms with van der Waals surface area (Å²) in [7, 11) is 0. The summed E-state index contributed by atoms with van der Waals surface area (Å²) in [6.07, 6.45) is 3.85. The molecular weight excluding hydrogens is 224 g/mol. The fourth-order valence-electron chi connectivity index (χ4n) is 1.73. The molecule has 0 aliphatic heterocycles. The first-order valence-electron chi connectivity index (χ1n) is 6.16. The largest absolute Gasteiger partial charge is 0.384 e. The molecule has 0 saturated carbocycles. The number of anilines is 1. The lowest BCUT2D eigenvalue weighted by atomic mass is 10.1. The first-order chi connectivity index (χ1) is 8.84. The van der Waals surface area contributed by atoms with Crippen LogP contribution in [0, 0.1) is 0 Å². The standard InChI is InChI=1S/C15H18N2O/c16-15-9-8-14(11-17-15)12-18-10-4-7-13-5-2-1-3-6-13/h1-3,5-6,8-9,11H,4,7,10,12H2,(H2,16,17). The van der Waals surface area contributed by atoms with Crippen molar-refractivity contribution in [3.8, 4) is 0 Å². The maximum absolute atomic E-state index is 5.60. The van der Waals surface area contributed by atoms with Gasteiger partial charge in [0.25, 0.3) is 0 Å². The summed E-state index contributed by atoms with van der Waals surface area (Å²) >= 11 is 0. The van der Waals surface area contributed by atoms with E-state index in [1.807, 2.05) is 12.1 Å². The minimum absolute atomic E-state index is 0.544. The molecule has 0 fully saturated rings.